The lowest BCUT2D eigenvalue weighted by Gasteiger charge is -2.19. The van der Waals surface area contributed by atoms with Crippen LogP contribution in [0.25, 0.3) is 0 Å². The van der Waals surface area contributed by atoms with E-state index in [1.165, 1.54) is 0 Å². The number of ketones is 2. The Labute approximate surface area is 106 Å². The molecule has 1 saturated carbocycles. The van der Waals surface area contributed by atoms with Crippen molar-refractivity contribution in [2.24, 2.45) is 5.92 Å². The van der Waals surface area contributed by atoms with Crippen LogP contribution in [0.3, 0.4) is 0 Å². The largest absolute Gasteiger partial charge is 0.384 e. The summed E-state index contributed by atoms with van der Waals surface area (Å²) in [6, 6.07) is 8.69. The van der Waals surface area contributed by atoms with Crippen molar-refractivity contribution < 1.29 is 19.4 Å². The molecule has 1 aliphatic rings. The summed E-state index contributed by atoms with van der Waals surface area (Å²) in [4.78, 5) is 23.8. The zero-order valence-corrected chi connectivity index (χ0v) is 10.2. The minimum Gasteiger partial charge on any atom is -0.384 e. The van der Waals surface area contributed by atoms with E-state index in [1.54, 1.807) is 31.2 Å². The molecule has 0 heterocycles. The van der Waals surface area contributed by atoms with Gasteiger partial charge in [-0.15, -0.1) is 0 Å². The third kappa shape index (κ3) is 2.35. The van der Waals surface area contributed by atoms with Crippen molar-refractivity contribution in [3.8, 4) is 0 Å². The topological polar surface area (TPSA) is 63.6 Å². The molecule has 0 bridgehead atoms. The van der Waals surface area contributed by atoms with E-state index in [0.29, 0.717) is 12.2 Å². The number of rotatable bonds is 4. The molecule has 3 atom stereocenters. The smallest absolute Gasteiger partial charge is 0.171 e. The lowest BCUT2D eigenvalue weighted by molar-refractivity contribution is -0.125. The summed E-state index contributed by atoms with van der Waals surface area (Å²) in [5.41, 5.74) is 0.501. The first-order chi connectivity index (χ1) is 8.65. The minimum atomic E-state index is -1.24. The zero-order valence-electron chi connectivity index (χ0n) is 10.2. The van der Waals surface area contributed by atoms with Gasteiger partial charge in [-0.1, -0.05) is 30.3 Å². The first-order valence-electron chi connectivity index (χ1n) is 6.06. The van der Waals surface area contributed by atoms with Gasteiger partial charge in [0.2, 0.25) is 0 Å². The molecule has 0 spiro atoms. The Hall–Kier alpha value is -1.52. The van der Waals surface area contributed by atoms with E-state index < -0.39 is 18.1 Å². The minimum absolute atomic E-state index is 0.109. The maximum absolute atomic E-state index is 12.3. The summed E-state index contributed by atoms with van der Waals surface area (Å²) in [5.74, 6) is -1.32. The van der Waals surface area contributed by atoms with Crippen molar-refractivity contribution in [2.45, 2.75) is 25.6 Å². The summed E-state index contributed by atoms with van der Waals surface area (Å²) >= 11 is 0. The molecule has 1 aromatic carbocycles. The molecule has 0 saturated heterocycles. The second kappa shape index (κ2) is 5.42. The SMILES string of the molecule is CCOC1CC(=O)C(O)C1C(=O)c1ccccc1. The number of hydrogen-bond donors (Lipinski definition) is 1. The monoisotopic (exact) mass is 248 g/mol. The van der Waals surface area contributed by atoms with Gasteiger partial charge in [0.25, 0.3) is 0 Å². The maximum atomic E-state index is 12.3. The number of aliphatic hydroxyl groups excluding tert-OH is 1. The highest BCUT2D eigenvalue weighted by molar-refractivity contribution is 6.04. The van der Waals surface area contributed by atoms with Gasteiger partial charge in [-0.05, 0) is 6.92 Å². The standard InChI is InChI=1S/C14H16O4/c1-2-18-11-8-10(15)14(17)12(11)13(16)9-6-4-3-5-7-9/h3-7,11-12,14,17H,2,8H2,1H3. The third-order valence-electron chi connectivity index (χ3n) is 3.21. The van der Waals surface area contributed by atoms with E-state index in [2.05, 4.69) is 0 Å². The van der Waals surface area contributed by atoms with Gasteiger partial charge in [0.05, 0.1) is 12.0 Å². The Morgan fingerprint density at radius 2 is 2.06 bits per heavy atom. The van der Waals surface area contributed by atoms with Gasteiger partial charge in [-0.25, -0.2) is 0 Å². The van der Waals surface area contributed by atoms with Gasteiger partial charge in [0.1, 0.15) is 6.10 Å². The second-order valence-corrected chi connectivity index (χ2v) is 4.37. The fourth-order valence-corrected chi connectivity index (χ4v) is 2.33. The van der Waals surface area contributed by atoms with Crippen LogP contribution in [0.15, 0.2) is 30.3 Å². The number of carbonyl (C=O) groups is 2. The molecule has 0 aliphatic heterocycles. The molecule has 4 heteroatoms. The lowest BCUT2D eigenvalue weighted by atomic mass is 9.93. The first-order valence-corrected chi connectivity index (χ1v) is 6.06. The Morgan fingerprint density at radius 3 is 2.67 bits per heavy atom. The summed E-state index contributed by atoms with van der Waals surface area (Å²) in [6.45, 7) is 2.22. The van der Waals surface area contributed by atoms with E-state index in [1.807, 2.05) is 6.07 Å². The van der Waals surface area contributed by atoms with Crippen molar-refractivity contribution in [3.05, 3.63) is 35.9 Å². The first kappa shape index (κ1) is 12.9. The Morgan fingerprint density at radius 1 is 1.39 bits per heavy atom. The molecule has 18 heavy (non-hydrogen) atoms. The molecule has 0 amide bonds. The number of benzene rings is 1. The lowest BCUT2D eigenvalue weighted by Crippen LogP contribution is -2.34. The van der Waals surface area contributed by atoms with Crippen LogP contribution in [-0.2, 0) is 9.53 Å². The van der Waals surface area contributed by atoms with Gasteiger partial charge in [-0.3, -0.25) is 9.59 Å². The number of hydrogen-bond acceptors (Lipinski definition) is 4. The molecule has 0 aromatic heterocycles. The molecule has 0 radical (unpaired) electrons. The average Bonchev–Trinajstić information content (AvgIpc) is 2.66. The molecular weight excluding hydrogens is 232 g/mol. The van der Waals surface area contributed by atoms with Crippen LogP contribution < -0.4 is 0 Å². The van der Waals surface area contributed by atoms with Crippen LogP contribution in [0.2, 0.25) is 0 Å². The highest BCUT2D eigenvalue weighted by atomic mass is 16.5. The van der Waals surface area contributed by atoms with Crippen LogP contribution in [0.5, 0.6) is 0 Å². The molecule has 4 nitrogen and oxygen atoms in total. The van der Waals surface area contributed by atoms with E-state index in [4.69, 9.17) is 4.74 Å². The molecule has 96 valence electrons. The van der Waals surface area contributed by atoms with Crippen LogP contribution in [0.1, 0.15) is 23.7 Å². The van der Waals surface area contributed by atoms with E-state index >= 15 is 0 Å². The van der Waals surface area contributed by atoms with Crippen LogP contribution >= 0.6 is 0 Å². The predicted molar refractivity (Wildman–Crippen MR) is 65.3 cm³/mol. The van der Waals surface area contributed by atoms with E-state index in [-0.39, 0.29) is 18.0 Å². The Balaban J connectivity index is 2.24. The second-order valence-electron chi connectivity index (χ2n) is 4.37. The van der Waals surface area contributed by atoms with Crippen molar-refractivity contribution >= 4 is 11.6 Å². The van der Waals surface area contributed by atoms with Crippen LogP contribution in [-0.4, -0.2) is 35.5 Å². The summed E-state index contributed by atoms with van der Waals surface area (Å²) < 4.78 is 5.40. The Bertz CT molecular complexity index is 440. The van der Waals surface area contributed by atoms with Crippen molar-refractivity contribution in [1.29, 1.82) is 0 Å². The maximum Gasteiger partial charge on any atom is 0.171 e. The molecule has 1 N–H and O–H groups in total. The summed E-state index contributed by atoms with van der Waals surface area (Å²) in [6.07, 6.45) is -1.64. The highest BCUT2D eigenvalue weighted by Gasteiger charge is 2.46. The van der Waals surface area contributed by atoms with Gasteiger partial charge in [0, 0.05) is 18.6 Å². The number of carbonyl (C=O) groups excluding carboxylic acids is 2. The molecule has 1 aliphatic carbocycles. The zero-order chi connectivity index (χ0) is 13.1. The third-order valence-corrected chi connectivity index (χ3v) is 3.21. The average molecular weight is 248 g/mol. The number of Topliss-reactive ketones (excluding diaryl/α,β-unsaturated/α-hetero) is 2. The normalized spacial score (nSPS) is 27.4. The van der Waals surface area contributed by atoms with Crippen molar-refractivity contribution in [1.82, 2.24) is 0 Å². The van der Waals surface area contributed by atoms with E-state index in [9.17, 15) is 14.7 Å². The Kier molecular flexibility index (Phi) is 3.89. The fraction of sp³-hybridized carbons (Fsp3) is 0.429. The van der Waals surface area contributed by atoms with Gasteiger partial charge >= 0.3 is 0 Å². The fourth-order valence-electron chi connectivity index (χ4n) is 2.33. The summed E-state index contributed by atoms with van der Waals surface area (Å²) in [5, 5.41) is 9.84. The van der Waals surface area contributed by atoms with Crippen LogP contribution in [0, 0.1) is 5.92 Å². The summed E-state index contributed by atoms with van der Waals surface area (Å²) in [7, 11) is 0. The van der Waals surface area contributed by atoms with Crippen molar-refractivity contribution in [2.75, 3.05) is 6.61 Å². The van der Waals surface area contributed by atoms with E-state index in [0.717, 1.165) is 0 Å². The molecule has 1 aromatic rings. The molecular formula is C14H16O4. The molecule has 1 fully saturated rings. The van der Waals surface area contributed by atoms with Crippen molar-refractivity contribution in [3.63, 3.8) is 0 Å². The van der Waals surface area contributed by atoms with Gasteiger partial charge in [0.15, 0.2) is 11.6 Å². The quantitative estimate of drug-likeness (QED) is 0.814. The molecule has 2 rings (SSSR count). The number of ether oxygens (including phenoxy) is 1. The molecule has 3 unspecified atom stereocenters. The highest BCUT2D eigenvalue weighted by Crippen LogP contribution is 2.29. The van der Waals surface area contributed by atoms with Gasteiger partial charge in [-0.2, -0.15) is 0 Å². The number of aliphatic hydroxyl groups is 1. The predicted octanol–water partition coefficient (Wildman–Crippen LogP) is 1.22. The van der Waals surface area contributed by atoms with Gasteiger partial charge < -0.3 is 9.84 Å². The van der Waals surface area contributed by atoms with Crippen LogP contribution in [0.4, 0.5) is 0 Å².